The lowest BCUT2D eigenvalue weighted by Gasteiger charge is -2.32. The van der Waals surface area contributed by atoms with E-state index in [-0.39, 0.29) is 5.91 Å². The first-order valence-electron chi connectivity index (χ1n) is 8.18. The number of hydrogen-bond donors (Lipinski definition) is 0. The van der Waals surface area contributed by atoms with Crippen LogP contribution >= 0.6 is 0 Å². The zero-order valence-corrected chi connectivity index (χ0v) is 14.0. The summed E-state index contributed by atoms with van der Waals surface area (Å²) in [6.45, 7) is 4.97. The van der Waals surface area contributed by atoms with E-state index < -0.39 is 0 Å². The van der Waals surface area contributed by atoms with Crippen LogP contribution in [0.3, 0.4) is 0 Å². The molecular weight excluding hydrogens is 290 g/mol. The third-order valence-electron chi connectivity index (χ3n) is 4.36. The summed E-state index contributed by atoms with van der Waals surface area (Å²) in [7, 11) is 1.60. The Morgan fingerprint density at radius 1 is 1.39 bits per heavy atom. The normalized spacial score (nSPS) is 15.9. The Morgan fingerprint density at radius 3 is 2.74 bits per heavy atom. The highest BCUT2D eigenvalue weighted by atomic mass is 16.5. The highest BCUT2D eigenvalue weighted by molar-refractivity contribution is 5.96. The molecule has 2 rings (SSSR count). The van der Waals surface area contributed by atoms with Crippen LogP contribution in [0.25, 0.3) is 0 Å². The van der Waals surface area contributed by atoms with Crippen molar-refractivity contribution in [1.82, 2.24) is 4.90 Å². The number of methoxy groups -OCH3 is 1. The summed E-state index contributed by atoms with van der Waals surface area (Å²) in [6.07, 6.45) is 2.58. The number of benzene rings is 1. The summed E-state index contributed by atoms with van der Waals surface area (Å²) < 4.78 is 5.37. The van der Waals surface area contributed by atoms with Gasteiger partial charge in [0.15, 0.2) is 0 Å². The molecule has 1 aliphatic heterocycles. The third-order valence-corrected chi connectivity index (χ3v) is 4.36. The maximum absolute atomic E-state index is 12.8. The Hall–Kier alpha value is -2.06. The predicted octanol–water partition coefficient (Wildman–Crippen LogP) is 2.67. The molecule has 0 unspecified atom stereocenters. The van der Waals surface area contributed by atoms with Crippen LogP contribution in [0, 0.1) is 17.2 Å². The van der Waals surface area contributed by atoms with E-state index in [9.17, 15) is 4.79 Å². The molecule has 1 aromatic carbocycles. The van der Waals surface area contributed by atoms with Gasteiger partial charge in [-0.2, -0.15) is 5.26 Å². The van der Waals surface area contributed by atoms with Crippen LogP contribution in [0.2, 0.25) is 0 Å². The van der Waals surface area contributed by atoms with Crippen LogP contribution < -0.4 is 9.64 Å². The first-order chi connectivity index (χ1) is 11.2. The van der Waals surface area contributed by atoms with Gasteiger partial charge in [-0.15, -0.1) is 0 Å². The lowest BCUT2D eigenvalue weighted by molar-refractivity contribution is -0.120. The van der Waals surface area contributed by atoms with E-state index in [1.54, 1.807) is 12.0 Å². The Balaban J connectivity index is 2.11. The Labute approximate surface area is 138 Å². The van der Waals surface area contributed by atoms with Crippen LogP contribution in [0.4, 0.5) is 5.69 Å². The SMILES string of the molecule is COc1ccccc1N(CCC#N)C(=O)CN1CCC(C)CC1. The molecule has 0 spiro atoms. The molecule has 0 saturated carbocycles. The molecule has 5 nitrogen and oxygen atoms in total. The molecule has 5 heteroatoms. The van der Waals surface area contributed by atoms with E-state index in [0.29, 0.717) is 25.3 Å². The average Bonchev–Trinajstić information content (AvgIpc) is 2.57. The Morgan fingerprint density at radius 2 is 2.09 bits per heavy atom. The molecule has 0 aromatic heterocycles. The monoisotopic (exact) mass is 315 g/mol. The van der Waals surface area contributed by atoms with E-state index in [1.165, 1.54) is 0 Å². The summed E-state index contributed by atoms with van der Waals surface area (Å²) in [5, 5.41) is 8.89. The highest BCUT2D eigenvalue weighted by Gasteiger charge is 2.23. The van der Waals surface area contributed by atoms with Crippen molar-refractivity contribution in [2.45, 2.75) is 26.2 Å². The van der Waals surface area contributed by atoms with Gasteiger partial charge in [-0.25, -0.2) is 0 Å². The van der Waals surface area contributed by atoms with Gasteiger partial charge in [0.05, 0.1) is 31.8 Å². The number of hydrogen-bond acceptors (Lipinski definition) is 4. The molecule has 1 aromatic rings. The molecule has 1 fully saturated rings. The van der Waals surface area contributed by atoms with Gasteiger partial charge in [0.25, 0.3) is 0 Å². The van der Waals surface area contributed by atoms with Crippen LogP contribution in [-0.2, 0) is 4.79 Å². The van der Waals surface area contributed by atoms with Crippen LogP contribution in [0.15, 0.2) is 24.3 Å². The average molecular weight is 315 g/mol. The molecule has 0 aliphatic carbocycles. The maximum Gasteiger partial charge on any atom is 0.241 e. The van der Waals surface area contributed by atoms with E-state index >= 15 is 0 Å². The summed E-state index contributed by atoms with van der Waals surface area (Å²) in [5.74, 6) is 1.43. The lowest BCUT2D eigenvalue weighted by atomic mass is 9.99. The smallest absolute Gasteiger partial charge is 0.241 e. The summed E-state index contributed by atoms with van der Waals surface area (Å²) >= 11 is 0. The summed E-state index contributed by atoms with van der Waals surface area (Å²) in [4.78, 5) is 16.7. The third kappa shape index (κ3) is 4.70. The van der Waals surface area contributed by atoms with Crippen molar-refractivity contribution in [3.05, 3.63) is 24.3 Å². The van der Waals surface area contributed by atoms with E-state index in [4.69, 9.17) is 10.00 Å². The second kappa shape index (κ2) is 8.54. The minimum atomic E-state index is 0.0271. The minimum absolute atomic E-state index is 0.0271. The first kappa shape index (κ1) is 17.3. The molecule has 1 saturated heterocycles. The number of ether oxygens (including phenoxy) is 1. The number of carbonyl (C=O) groups is 1. The van der Waals surface area contributed by atoms with Crippen molar-refractivity contribution < 1.29 is 9.53 Å². The van der Waals surface area contributed by atoms with Crippen LogP contribution in [-0.4, -0.2) is 44.1 Å². The van der Waals surface area contributed by atoms with Gasteiger partial charge in [0.1, 0.15) is 5.75 Å². The number of para-hydroxylation sites is 2. The zero-order valence-electron chi connectivity index (χ0n) is 14.0. The van der Waals surface area contributed by atoms with Crippen molar-refractivity contribution in [2.75, 3.05) is 38.2 Å². The number of nitriles is 1. The maximum atomic E-state index is 12.8. The van der Waals surface area contributed by atoms with E-state index in [1.807, 2.05) is 24.3 Å². The zero-order chi connectivity index (χ0) is 16.7. The fourth-order valence-electron chi connectivity index (χ4n) is 2.89. The van der Waals surface area contributed by atoms with Crippen molar-refractivity contribution in [1.29, 1.82) is 5.26 Å². The van der Waals surface area contributed by atoms with Gasteiger partial charge in [0, 0.05) is 6.54 Å². The number of nitrogens with zero attached hydrogens (tertiary/aromatic N) is 3. The topological polar surface area (TPSA) is 56.6 Å². The lowest BCUT2D eigenvalue weighted by Crippen LogP contribution is -2.43. The fraction of sp³-hybridized carbons (Fsp3) is 0.556. The quantitative estimate of drug-likeness (QED) is 0.810. The molecule has 0 atom stereocenters. The molecule has 124 valence electrons. The Bertz CT molecular complexity index is 560. The number of rotatable bonds is 6. The van der Waals surface area contributed by atoms with Crippen LogP contribution in [0.1, 0.15) is 26.2 Å². The molecule has 1 amide bonds. The molecule has 0 radical (unpaired) electrons. The van der Waals surface area contributed by atoms with Crippen molar-refractivity contribution in [2.24, 2.45) is 5.92 Å². The second-order valence-corrected chi connectivity index (χ2v) is 6.08. The first-order valence-corrected chi connectivity index (χ1v) is 8.18. The van der Waals surface area contributed by atoms with Gasteiger partial charge in [-0.3, -0.25) is 9.69 Å². The molecule has 23 heavy (non-hydrogen) atoms. The van der Waals surface area contributed by atoms with Gasteiger partial charge in [0.2, 0.25) is 5.91 Å². The van der Waals surface area contributed by atoms with E-state index in [2.05, 4.69) is 17.9 Å². The summed E-state index contributed by atoms with van der Waals surface area (Å²) in [5.41, 5.74) is 0.737. The molecule has 1 heterocycles. The van der Waals surface area contributed by atoms with Crippen molar-refractivity contribution in [3.63, 3.8) is 0 Å². The second-order valence-electron chi connectivity index (χ2n) is 6.08. The van der Waals surface area contributed by atoms with Gasteiger partial charge in [-0.05, 0) is 44.0 Å². The van der Waals surface area contributed by atoms with Gasteiger partial charge >= 0.3 is 0 Å². The van der Waals surface area contributed by atoms with Crippen molar-refractivity contribution >= 4 is 11.6 Å². The summed E-state index contributed by atoms with van der Waals surface area (Å²) in [6, 6.07) is 9.59. The molecule has 1 aliphatic rings. The van der Waals surface area contributed by atoms with Crippen LogP contribution in [0.5, 0.6) is 5.75 Å². The van der Waals surface area contributed by atoms with E-state index in [0.717, 1.165) is 37.5 Å². The largest absolute Gasteiger partial charge is 0.495 e. The number of amides is 1. The number of anilines is 1. The number of piperidine rings is 1. The Kier molecular flexibility index (Phi) is 6.42. The fourth-order valence-corrected chi connectivity index (χ4v) is 2.89. The molecule has 0 bridgehead atoms. The minimum Gasteiger partial charge on any atom is -0.495 e. The number of carbonyl (C=O) groups excluding carboxylic acids is 1. The predicted molar refractivity (Wildman–Crippen MR) is 90.4 cm³/mol. The molecular formula is C18H25N3O2. The highest BCUT2D eigenvalue weighted by Crippen LogP contribution is 2.28. The van der Waals surface area contributed by atoms with Crippen molar-refractivity contribution in [3.8, 4) is 11.8 Å². The van der Waals surface area contributed by atoms with Gasteiger partial charge in [-0.1, -0.05) is 19.1 Å². The standard InChI is InChI=1S/C18H25N3O2/c1-15-8-12-20(13-9-15)14-18(22)21(11-5-10-19)16-6-3-4-7-17(16)23-2/h3-4,6-7,15H,5,8-9,11-14H2,1-2H3. The number of likely N-dealkylation sites (tertiary alicyclic amines) is 1. The van der Waals surface area contributed by atoms with Gasteiger partial charge < -0.3 is 9.64 Å². The molecule has 0 N–H and O–H groups in total.